The summed E-state index contributed by atoms with van der Waals surface area (Å²) in [6, 6.07) is 6.53. The zero-order valence-electron chi connectivity index (χ0n) is 11.9. The van der Waals surface area contributed by atoms with Gasteiger partial charge in [0.15, 0.2) is 0 Å². The molecule has 0 spiro atoms. The Labute approximate surface area is 128 Å². The Morgan fingerprint density at radius 1 is 1.45 bits per heavy atom. The molecule has 110 valence electrons. The number of esters is 1. The molecule has 1 fully saturated rings. The van der Waals surface area contributed by atoms with Crippen molar-refractivity contribution in [2.24, 2.45) is 0 Å². The number of halogens is 1. The number of hydrogen-bond acceptors (Lipinski definition) is 4. The van der Waals surface area contributed by atoms with E-state index in [0.29, 0.717) is 19.2 Å². The molecule has 0 unspecified atom stereocenters. The number of rotatable bonds is 7. The normalized spacial score (nSPS) is 14.4. The lowest BCUT2D eigenvalue weighted by molar-refractivity contribution is -0.144. The van der Waals surface area contributed by atoms with E-state index in [2.05, 4.69) is 20.8 Å². The fourth-order valence-corrected chi connectivity index (χ4v) is 2.76. The molecule has 0 N–H and O–H groups in total. The summed E-state index contributed by atoms with van der Waals surface area (Å²) >= 11 is 3.49. The second-order valence-electron chi connectivity index (χ2n) is 4.91. The molecule has 2 rings (SSSR count). The molecule has 0 heterocycles. The van der Waals surface area contributed by atoms with Crippen LogP contribution in [-0.4, -0.2) is 37.2 Å². The van der Waals surface area contributed by atoms with Gasteiger partial charge in [0.1, 0.15) is 5.75 Å². The van der Waals surface area contributed by atoms with Crippen molar-refractivity contribution in [2.45, 2.75) is 32.4 Å². The minimum atomic E-state index is -0.146. The molecule has 4 nitrogen and oxygen atoms in total. The summed E-state index contributed by atoms with van der Waals surface area (Å²) < 4.78 is 11.2. The summed E-state index contributed by atoms with van der Waals surface area (Å²) in [5.74, 6) is 0.670. The lowest BCUT2D eigenvalue weighted by Gasteiger charge is -2.21. The lowest BCUT2D eigenvalue weighted by atomic mass is 10.2. The molecule has 0 atom stereocenters. The predicted octanol–water partition coefficient (Wildman–Crippen LogP) is 2.99. The number of benzene rings is 1. The van der Waals surface area contributed by atoms with Crippen LogP contribution in [0.25, 0.3) is 0 Å². The Kier molecular flexibility index (Phi) is 5.43. The van der Waals surface area contributed by atoms with E-state index >= 15 is 0 Å². The molecule has 1 aliphatic rings. The van der Waals surface area contributed by atoms with Crippen LogP contribution in [0.5, 0.6) is 5.75 Å². The van der Waals surface area contributed by atoms with Crippen LogP contribution < -0.4 is 4.74 Å². The van der Waals surface area contributed by atoms with Gasteiger partial charge >= 0.3 is 5.97 Å². The van der Waals surface area contributed by atoms with Crippen molar-refractivity contribution in [1.29, 1.82) is 0 Å². The van der Waals surface area contributed by atoms with E-state index in [9.17, 15) is 4.79 Å². The quantitative estimate of drug-likeness (QED) is 0.714. The Morgan fingerprint density at radius 2 is 2.20 bits per heavy atom. The molecule has 0 saturated heterocycles. The van der Waals surface area contributed by atoms with Crippen molar-refractivity contribution in [1.82, 2.24) is 4.90 Å². The van der Waals surface area contributed by atoms with Crippen molar-refractivity contribution in [2.75, 3.05) is 20.3 Å². The molecule has 0 aliphatic heterocycles. The fourth-order valence-electron chi connectivity index (χ4n) is 2.17. The number of methoxy groups -OCH3 is 1. The molecular weight excluding hydrogens is 322 g/mol. The largest absolute Gasteiger partial charge is 0.496 e. The molecule has 5 heteroatoms. The van der Waals surface area contributed by atoms with Crippen LogP contribution >= 0.6 is 15.9 Å². The molecule has 0 radical (unpaired) electrons. The highest BCUT2D eigenvalue weighted by Crippen LogP contribution is 2.30. The highest BCUT2D eigenvalue weighted by Gasteiger charge is 2.30. The summed E-state index contributed by atoms with van der Waals surface area (Å²) in [6.45, 7) is 3.39. The highest BCUT2D eigenvalue weighted by atomic mass is 79.9. The first-order valence-electron chi connectivity index (χ1n) is 6.86. The van der Waals surface area contributed by atoms with Gasteiger partial charge in [-0.2, -0.15) is 0 Å². The lowest BCUT2D eigenvalue weighted by Crippen LogP contribution is -2.32. The van der Waals surface area contributed by atoms with Crippen LogP contribution in [0.3, 0.4) is 0 Å². The average Bonchev–Trinajstić information content (AvgIpc) is 3.23. The van der Waals surface area contributed by atoms with E-state index in [1.54, 1.807) is 7.11 Å². The van der Waals surface area contributed by atoms with Crippen LogP contribution in [0.2, 0.25) is 0 Å². The molecule has 0 amide bonds. The Morgan fingerprint density at radius 3 is 2.75 bits per heavy atom. The van der Waals surface area contributed by atoms with Gasteiger partial charge in [0.25, 0.3) is 0 Å². The highest BCUT2D eigenvalue weighted by molar-refractivity contribution is 9.10. The fraction of sp³-hybridized carbons (Fsp3) is 0.533. The molecule has 0 bridgehead atoms. The third-order valence-corrected chi connectivity index (χ3v) is 3.92. The van der Waals surface area contributed by atoms with Gasteiger partial charge in [-0.15, -0.1) is 0 Å². The van der Waals surface area contributed by atoms with E-state index < -0.39 is 0 Å². The van der Waals surface area contributed by atoms with E-state index in [-0.39, 0.29) is 5.97 Å². The van der Waals surface area contributed by atoms with Crippen LogP contribution in [0.4, 0.5) is 0 Å². The van der Waals surface area contributed by atoms with E-state index in [4.69, 9.17) is 9.47 Å². The minimum Gasteiger partial charge on any atom is -0.496 e. The zero-order chi connectivity index (χ0) is 14.5. The topological polar surface area (TPSA) is 38.8 Å². The van der Waals surface area contributed by atoms with Crippen molar-refractivity contribution in [3.05, 3.63) is 28.2 Å². The maximum atomic E-state index is 11.7. The van der Waals surface area contributed by atoms with Crippen LogP contribution in [0.15, 0.2) is 22.7 Å². The van der Waals surface area contributed by atoms with Gasteiger partial charge < -0.3 is 9.47 Å². The van der Waals surface area contributed by atoms with Crippen LogP contribution in [0.1, 0.15) is 25.3 Å². The average molecular weight is 342 g/mol. The van der Waals surface area contributed by atoms with Gasteiger partial charge in [-0.25, -0.2) is 0 Å². The summed E-state index contributed by atoms with van der Waals surface area (Å²) in [4.78, 5) is 13.8. The number of ether oxygens (including phenoxy) is 2. The standard InChI is InChI=1S/C15H20BrNO3/c1-3-20-15(18)10-17(12-5-6-12)9-11-4-7-14(19-2)13(16)8-11/h4,7-8,12H,3,5-6,9-10H2,1-2H3. The molecule has 1 saturated carbocycles. The maximum Gasteiger partial charge on any atom is 0.320 e. The molecule has 1 aromatic rings. The monoisotopic (exact) mass is 341 g/mol. The molecular formula is C15H20BrNO3. The van der Waals surface area contributed by atoms with Gasteiger partial charge in [0, 0.05) is 12.6 Å². The number of hydrogen-bond donors (Lipinski definition) is 0. The number of nitrogens with zero attached hydrogens (tertiary/aromatic N) is 1. The molecule has 0 aromatic heterocycles. The third kappa shape index (κ3) is 4.21. The van der Waals surface area contributed by atoms with E-state index in [1.807, 2.05) is 25.1 Å². The first-order chi connectivity index (χ1) is 9.63. The van der Waals surface area contributed by atoms with E-state index in [0.717, 1.165) is 35.2 Å². The van der Waals surface area contributed by atoms with Crippen molar-refractivity contribution < 1.29 is 14.3 Å². The smallest absolute Gasteiger partial charge is 0.320 e. The van der Waals surface area contributed by atoms with Gasteiger partial charge in [-0.3, -0.25) is 9.69 Å². The van der Waals surface area contributed by atoms with Crippen LogP contribution in [-0.2, 0) is 16.1 Å². The number of carbonyl (C=O) groups excluding carboxylic acids is 1. The predicted molar refractivity (Wildman–Crippen MR) is 80.8 cm³/mol. The summed E-state index contributed by atoms with van der Waals surface area (Å²) in [5.41, 5.74) is 1.16. The second-order valence-corrected chi connectivity index (χ2v) is 5.76. The summed E-state index contributed by atoms with van der Waals surface area (Å²) in [6.07, 6.45) is 2.33. The molecule has 1 aromatic carbocycles. The van der Waals surface area contributed by atoms with Gasteiger partial charge in [-0.1, -0.05) is 6.07 Å². The number of carbonyl (C=O) groups is 1. The molecule has 20 heavy (non-hydrogen) atoms. The van der Waals surface area contributed by atoms with Crippen LogP contribution in [0, 0.1) is 0 Å². The van der Waals surface area contributed by atoms with Crippen molar-refractivity contribution in [3.63, 3.8) is 0 Å². The Hall–Kier alpha value is -1.07. The SMILES string of the molecule is CCOC(=O)CN(Cc1ccc(OC)c(Br)c1)C1CC1. The molecule has 1 aliphatic carbocycles. The first-order valence-corrected chi connectivity index (χ1v) is 7.65. The van der Waals surface area contributed by atoms with Gasteiger partial charge in [0.05, 0.1) is 24.7 Å². The zero-order valence-corrected chi connectivity index (χ0v) is 13.5. The van der Waals surface area contributed by atoms with Gasteiger partial charge in [0.2, 0.25) is 0 Å². The Balaban J connectivity index is 2.00. The third-order valence-electron chi connectivity index (χ3n) is 3.30. The first kappa shape index (κ1) is 15.3. The van der Waals surface area contributed by atoms with Crippen molar-refractivity contribution >= 4 is 21.9 Å². The minimum absolute atomic E-state index is 0.146. The summed E-state index contributed by atoms with van der Waals surface area (Å²) in [5, 5.41) is 0. The second kappa shape index (κ2) is 7.09. The van der Waals surface area contributed by atoms with E-state index in [1.165, 1.54) is 0 Å². The maximum absolute atomic E-state index is 11.7. The van der Waals surface area contributed by atoms with Crippen molar-refractivity contribution in [3.8, 4) is 5.75 Å². The summed E-state index contributed by atoms with van der Waals surface area (Å²) in [7, 11) is 1.65. The Bertz CT molecular complexity index is 474. The van der Waals surface area contributed by atoms with Gasteiger partial charge in [-0.05, 0) is 53.4 Å².